The molecular weight excluding hydrogens is 357 g/mol. The molecule has 0 radical (unpaired) electrons. The molecule has 3 N–H and O–H groups in total. The topological polar surface area (TPSA) is 50.9 Å². The molecule has 27 heavy (non-hydrogen) atoms. The van der Waals surface area contributed by atoms with E-state index in [1.807, 2.05) is 4.90 Å². The SMILES string of the molecule is CC1CCC(NC(=O)C[NH+]2CCN(c3ccc(C(F)(F)F)c[nH+]3)CC2)CC1. The predicted molar refractivity (Wildman–Crippen MR) is 95.3 cm³/mol. The lowest BCUT2D eigenvalue weighted by atomic mass is 9.87. The van der Waals surface area contributed by atoms with E-state index in [0.717, 1.165) is 44.1 Å². The maximum Gasteiger partial charge on any atom is 0.419 e. The summed E-state index contributed by atoms with van der Waals surface area (Å²) in [4.78, 5) is 18.3. The standard InChI is InChI=1S/C19H27F3N4O/c1-14-2-5-16(6-3-14)24-18(27)13-25-8-10-26(11-9-25)17-7-4-15(12-23-17)19(20,21)22/h4,7,12,14,16H,2-3,5-6,8-11,13H2,1H3,(H,24,27)/p+2. The number of nitrogens with zero attached hydrogens (tertiary/aromatic N) is 1. The van der Waals surface area contributed by atoms with Crippen molar-refractivity contribution in [3.8, 4) is 0 Å². The Balaban J connectivity index is 1.42. The summed E-state index contributed by atoms with van der Waals surface area (Å²) in [6.07, 6.45) is 1.18. The number of carbonyl (C=O) groups is 1. The zero-order valence-electron chi connectivity index (χ0n) is 15.7. The number of quaternary nitrogens is 1. The molecule has 0 aromatic carbocycles. The van der Waals surface area contributed by atoms with E-state index in [2.05, 4.69) is 17.2 Å². The third kappa shape index (κ3) is 5.57. The Labute approximate surface area is 157 Å². The minimum Gasteiger partial charge on any atom is -0.348 e. The number of carbonyl (C=O) groups excluding carboxylic acids is 1. The van der Waals surface area contributed by atoms with Crippen LogP contribution in [0.2, 0.25) is 0 Å². The van der Waals surface area contributed by atoms with E-state index in [-0.39, 0.29) is 5.91 Å². The Kier molecular flexibility index (Phi) is 6.24. The van der Waals surface area contributed by atoms with Gasteiger partial charge in [0.2, 0.25) is 0 Å². The van der Waals surface area contributed by atoms with Crippen molar-refractivity contribution in [2.24, 2.45) is 5.92 Å². The van der Waals surface area contributed by atoms with E-state index in [1.54, 1.807) is 0 Å². The van der Waals surface area contributed by atoms with Crippen molar-refractivity contribution in [2.45, 2.75) is 44.8 Å². The molecule has 0 unspecified atom stereocenters. The highest BCUT2D eigenvalue weighted by molar-refractivity contribution is 5.77. The summed E-state index contributed by atoms with van der Waals surface area (Å²) in [6.45, 7) is 5.75. The smallest absolute Gasteiger partial charge is 0.348 e. The molecule has 2 heterocycles. The summed E-state index contributed by atoms with van der Waals surface area (Å²) in [6, 6.07) is 2.89. The van der Waals surface area contributed by atoms with Crippen LogP contribution in [0, 0.1) is 5.92 Å². The van der Waals surface area contributed by atoms with Gasteiger partial charge in [0.1, 0.15) is 32.4 Å². The predicted octanol–water partition coefficient (Wildman–Crippen LogP) is 0.919. The van der Waals surface area contributed by atoms with Crippen LogP contribution in [0.15, 0.2) is 18.3 Å². The van der Waals surface area contributed by atoms with Crippen molar-refractivity contribution in [3.63, 3.8) is 0 Å². The zero-order chi connectivity index (χ0) is 19.4. The number of aromatic nitrogens is 1. The number of H-pyrrole nitrogens is 1. The number of hydrogen-bond donors (Lipinski definition) is 2. The Morgan fingerprint density at radius 1 is 1.22 bits per heavy atom. The fourth-order valence-corrected chi connectivity index (χ4v) is 3.94. The molecule has 0 spiro atoms. The number of rotatable bonds is 4. The number of nitrogens with one attached hydrogen (secondary N) is 3. The van der Waals surface area contributed by atoms with E-state index >= 15 is 0 Å². The van der Waals surface area contributed by atoms with E-state index in [9.17, 15) is 18.0 Å². The molecule has 2 aliphatic rings. The third-order valence-corrected chi connectivity index (χ3v) is 5.73. The van der Waals surface area contributed by atoms with Crippen LogP contribution in [0.25, 0.3) is 0 Å². The van der Waals surface area contributed by atoms with E-state index in [1.165, 1.54) is 23.8 Å². The number of amides is 1. The van der Waals surface area contributed by atoms with Crippen molar-refractivity contribution < 1.29 is 27.8 Å². The van der Waals surface area contributed by atoms with Crippen LogP contribution in [0.4, 0.5) is 19.0 Å². The second kappa shape index (κ2) is 8.46. The number of anilines is 1. The molecule has 1 aromatic rings. The first kappa shape index (κ1) is 19.9. The summed E-state index contributed by atoms with van der Waals surface area (Å²) in [5.74, 6) is 1.56. The summed E-state index contributed by atoms with van der Waals surface area (Å²) >= 11 is 0. The molecule has 8 heteroatoms. The minimum absolute atomic E-state index is 0.110. The van der Waals surface area contributed by atoms with Crippen LogP contribution < -0.4 is 20.1 Å². The average molecular weight is 386 g/mol. The Morgan fingerprint density at radius 2 is 1.89 bits per heavy atom. The van der Waals surface area contributed by atoms with Gasteiger partial charge in [0.05, 0.1) is 5.56 Å². The van der Waals surface area contributed by atoms with Crippen LogP contribution in [0.5, 0.6) is 0 Å². The van der Waals surface area contributed by atoms with Gasteiger partial charge in [-0.15, -0.1) is 0 Å². The Bertz CT molecular complexity index is 619. The summed E-state index contributed by atoms with van der Waals surface area (Å²) < 4.78 is 37.9. The summed E-state index contributed by atoms with van der Waals surface area (Å²) in [5.41, 5.74) is -0.677. The van der Waals surface area contributed by atoms with Gasteiger partial charge < -0.3 is 10.2 Å². The number of piperazine rings is 1. The van der Waals surface area contributed by atoms with E-state index < -0.39 is 11.7 Å². The normalized spacial score (nSPS) is 24.7. The summed E-state index contributed by atoms with van der Waals surface area (Å²) in [7, 11) is 0. The molecular formula is C19H29F3N4O+2. The van der Waals surface area contributed by atoms with Gasteiger partial charge in [-0.1, -0.05) is 6.92 Å². The van der Waals surface area contributed by atoms with Crippen LogP contribution in [-0.2, 0) is 11.0 Å². The minimum atomic E-state index is -4.33. The van der Waals surface area contributed by atoms with Crippen LogP contribution >= 0.6 is 0 Å². The maximum atomic E-state index is 12.6. The van der Waals surface area contributed by atoms with Crippen LogP contribution in [0.3, 0.4) is 0 Å². The fourth-order valence-electron chi connectivity index (χ4n) is 3.94. The number of alkyl halides is 3. The molecule has 1 aliphatic heterocycles. The number of hydrogen-bond acceptors (Lipinski definition) is 2. The first-order valence-corrected chi connectivity index (χ1v) is 9.78. The zero-order valence-corrected chi connectivity index (χ0v) is 15.7. The fraction of sp³-hybridized carbons (Fsp3) is 0.684. The van der Waals surface area contributed by atoms with Crippen LogP contribution in [0.1, 0.15) is 38.2 Å². The molecule has 3 rings (SSSR count). The van der Waals surface area contributed by atoms with Gasteiger partial charge in [0.25, 0.3) is 11.7 Å². The lowest BCUT2D eigenvalue weighted by Gasteiger charge is -2.30. The number of aromatic amines is 1. The molecule has 1 saturated carbocycles. The second-order valence-electron chi connectivity index (χ2n) is 7.90. The molecule has 0 atom stereocenters. The van der Waals surface area contributed by atoms with Crippen molar-refractivity contribution >= 4 is 11.7 Å². The molecule has 150 valence electrons. The highest BCUT2D eigenvalue weighted by atomic mass is 19.4. The molecule has 1 aromatic heterocycles. The highest BCUT2D eigenvalue weighted by Crippen LogP contribution is 2.28. The van der Waals surface area contributed by atoms with Gasteiger partial charge in [-0.3, -0.25) is 9.69 Å². The first-order chi connectivity index (χ1) is 12.8. The molecule has 1 saturated heterocycles. The lowest BCUT2D eigenvalue weighted by Crippen LogP contribution is -3.16. The van der Waals surface area contributed by atoms with Gasteiger partial charge in [-0.25, -0.2) is 4.98 Å². The quantitative estimate of drug-likeness (QED) is 0.809. The van der Waals surface area contributed by atoms with Gasteiger partial charge in [0.15, 0.2) is 6.54 Å². The van der Waals surface area contributed by atoms with Crippen molar-refractivity contribution in [2.75, 3.05) is 37.6 Å². The van der Waals surface area contributed by atoms with Crippen molar-refractivity contribution in [1.82, 2.24) is 5.32 Å². The number of pyridine rings is 1. The molecule has 0 bridgehead atoms. The average Bonchev–Trinajstić information content (AvgIpc) is 2.64. The Hall–Kier alpha value is -1.83. The van der Waals surface area contributed by atoms with Gasteiger partial charge in [0, 0.05) is 12.1 Å². The first-order valence-electron chi connectivity index (χ1n) is 9.78. The second-order valence-corrected chi connectivity index (χ2v) is 7.90. The lowest BCUT2D eigenvalue weighted by molar-refractivity contribution is -0.892. The van der Waals surface area contributed by atoms with Crippen molar-refractivity contribution in [3.05, 3.63) is 23.9 Å². The van der Waals surface area contributed by atoms with E-state index in [4.69, 9.17) is 0 Å². The molecule has 5 nitrogen and oxygen atoms in total. The van der Waals surface area contributed by atoms with Crippen molar-refractivity contribution in [1.29, 1.82) is 0 Å². The Morgan fingerprint density at radius 3 is 2.44 bits per heavy atom. The number of halogens is 3. The highest BCUT2D eigenvalue weighted by Gasteiger charge is 2.33. The molecule has 1 amide bonds. The van der Waals surface area contributed by atoms with Crippen LogP contribution in [-0.4, -0.2) is 44.7 Å². The van der Waals surface area contributed by atoms with E-state index in [0.29, 0.717) is 31.5 Å². The monoisotopic (exact) mass is 386 g/mol. The largest absolute Gasteiger partial charge is 0.419 e. The van der Waals surface area contributed by atoms with Gasteiger partial charge in [-0.2, -0.15) is 13.2 Å². The third-order valence-electron chi connectivity index (χ3n) is 5.73. The molecule has 1 aliphatic carbocycles. The summed E-state index contributed by atoms with van der Waals surface area (Å²) in [5, 5.41) is 3.16. The molecule has 2 fully saturated rings. The van der Waals surface area contributed by atoms with Gasteiger partial charge in [-0.05, 0) is 37.7 Å². The maximum absolute atomic E-state index is 12.6. The van der Waals surface area contributed by atoms with Gasteiger partial charge >= 0.3 is 6.18 Å².